The molecule has 4 aliphatic carbocycles. The van der Waals surface area contributed by atoms with Crippen molar-refractivity contribution in [1.82, 2.24) is 10.2 Å². The summed E-state index contributed by atoms with van der Waals surface area (Å²) in [5, 5.41) is 3.48. The number of amides is 1. The van der Waals surface area contributed by atoms with Crippen LogP contribution in [-0.4, -0.2) is 37.0 Å². The molecule has 1 amide bonds. The van der Waals surface area contributed by atoms with Crippen molar-refractivity contribution < 1.29 is 4.79 Å². The number of carbonyl (C=O) groups excluding carboxylic acids is 1. The number of nitrogens with one attached hydrogen (secondary N) is 1. The molecule has 0 aromatic rings. The third kappa shape index (κ3) is 1.65. The molecular weight excluding hydrogens is 248 g/mol. The fraction of sp³-hybridized carbons (Fsp3) is 0.941. The number of fused-ring (bicyclic) bond motifs is 1. The molecule has 20 heavy (non-hydrogen) atoms. The molecule has 0 aromatic carbocycles. The minimum atomic E-state index is 0.412. The van der Waals surface area contributed by atoms with E-state index in [0.717, 1.165) is 61.7 Å². The lowest BCUT2D eigenvalue weighted by molar-refractivity contribution is -0.148. The lowest BCUT2D eigenvalue weighted by atomic mass is 9.51. The highest BCUT2D eigenvalue weighted by Gasteiger charge is 2.52. The van der Waals surface area contributed by atoms with Gasteiger partial charge in [-0.1, -0.05) is 0 Å². The summed E-state index contributed by atoms with van der Waals surface area (Å²) in [6.45, 7) is 4.35. The van der Waals surface area contributed by atoms with Crippen LogP contribution < -0.4 is 5.32 Å². The molecule has 2 heterocycles. The Morgan fingerprint density at radius 1 is 0.800 bits per heavy atom. The normalized spacial score (nSPS) is 52.6. The highest BCUT2D eigenvalue weighted by atomic mass is 16.2. The Bertz CT molecular complexity index is 395. The van der Waals surface area contributed by atoms with Gasteiger partial charge in [0, 0.05) is 32.1 Å². The molecule has 6 fully saturated rings. The minimum Gasteiger partial charge on any atom is -0.342 e. The van der Waals surface area contributed by atoms with Crippen molar-refractivity contribution in [2.24, 2.45) is 41.4 Å². The van der Waals surface area contributed by atoms with Gasteiger partial charge in [0.05, 0.1) is 0 Å². The molecule has 3 heteroatoms. The van der Waals surface area contributed by atoms with Gasteiger partial charge in [0.15, 0.2) is 0 Å². The van der Waals surface area contributed by atoms with Crippen molar-refractivity contribution in [2.75, 3.05) is 26.2 Å². The minimum absolute atomic E-state index is 0.412. The number of hydrogen-bond donors (Lipinski definition) is 1. The standard InChI is InChI=1S/C17H26N2O/c20-17(19-8-14-6-18-7-15(14)9-19)16-12-2-10-1-11(4-12)5-13(16)3-10/h10-16,18H,1-9H2. The van der Waals surface area contributed by atoms with Crippen LogP contribution in [0.2, 0.25) is 0 Å². The maximum Gasteiger partial charge on any atom is 0.226 e. The van der Waals surface area contributed by atoms with E-state index < -0.39 is 0 Å². The van der Waals surface area contributed by atoms with Gasteiger partial charge in [-0.2, -0.15) is 0 Å². The van der Waals surface area contributed by atoms with E-state index in [4.69, 9.17) is 0 Å². The monoisotopic (exact) mass is 274 g/mol. The lowest BCUT2D eigenvalue weighted by Crippen LogP contribution is -2.51. The van der Waals surface area contributed by atoms with Crippen LogP contribution in [0.3, 0.4) is 0 Å². The van der Waals surface area contributed by atoms with Crippen molar-refractivity contribution in [3.05, 3.63) is 0 Å². The predicted molar refractivity (Wildman–Crippen MR) is 77.0 cm³/mol. The number of nitrogens with zero attached hydrogens (tertiary/aromatic N) is 1. The molecule has 2 unspecified atom stereocenters. The molecule has 110 valence electrons. The summed E-state index contributed by atoms with van der Waals surface area (Å²) < 4.78 is 0. The molecular formula is C17H26N2O. The first-order valence-corrected chi connectivity index (χ1v) is 8.77. The van der Waals surface area contributed by atoms with Crippen molar-refractivity contribution in [3.63, 3.8) is 0 Å². The molecule has 0 spiro atoms. The molecule has 0 radical (unpaired) electrons. The number of carbonyl (C=O) groups is 1. The van der Waals surface area contributed by atoms with Crippen LogP contribution in [0.15, 0.2) is 0 Å². The van der Waals surface area contributed by atoms with Gasteiger partial charge >= 0.3 is 0 Å². The van der Waals surface area contributed by atoms with Gasteiger partial charge in [0.2, 0.25) is 5.91 Å². The summed E-state index contributed by atoms with van der Waals surface area (Å²) in [6, 6.07) is 0. The predicted octanol–water partition coefficient (Wildman–Crippen LogP) is 1.74. The topological polar surface area (TPSA) is 32.3 Å². The summed E-state index contributed by atoms with van der Waals surface area (Å²) in [5.74, 6) is 5.90. The Morgan fingerprint density at radius 3 is 1.90 bits per heavy atom. The van der Waals surface area contributed by atoms with E-state index in [1.807, 2.05) is 0 Å². The van der Waals surface area contributed by atoms with E-state index in [9.17, 15) is 4.79 Å². The SMILES string of the molecule is O=C(C1C2CC3CC(C2)CC1C3)N1CC2CNCC2C1. The maximum atomic E-state index is 13.1. The van der Waals surface area contributed by atoms with E-state index in [1.165, 1.54) is 32.1 Å². The Kier molecular flexibility index (Phi) is 2.54. The van der Waals surface area contributed by atoms with Crippen LogP contribution in [0.5, 0.6) is 0 Å². The molecule has 2 saturated heterocycles. The van der Waals surface area contributed by atoms with Crippen LogP contribution >= 0.6 is 0 Å². The first-order chi connectivity index (χ1) is 9.78. The number of hydrogen-bond acceptors (Lipinski definition) is 2. The Labute approximate surface area is 121 Å². The summed E-state index contributed by atoms with van der Waals surface area (Å²) in [4.78, 5) is 15.3. The zero-order valence-corrected chi connectivity index (χ0v) is 12.3. The van der Waals surface area contributed by atoms with E-state index >= 15 is 0 Å². The van der Waals surface area contributed by atoms with Crippen LogP contribution in [0.1, 0.15) is 32.1 Å². The highest BCUT2D eigenvalue weighted by molar-refractivity contribution is 5.80. The van der Waals surface area contributed by atoms with E-state index in [1.54, 1.807) is 0 Å². The van der Waals surface area contributed by atoms with E-state index in [2.05, 4.69) is 10.2 Å². The molecule has 6 aliphatic rings. The average Bonchev–Trinajstić information content (AvgIpc) is 2.97. The lowest BCUT2D eigenvalue weighted by Gasteiger charge is -2.54. The second-order valence-electron chi connectivity index (χ2n) is 8.38. The highest BCUT2D eigenvalue weighted by Crippen LogP contribution is 2.57. The van der Waals surface area contributed by atoms with E-state index in [-0.39, 0.29) is 0 Å². The van der Waals surface area contributed by atoms with Gasteiger partial charge in [-0.15, -0.1) is 0 Å². The third-order valence-electron chi connectivity index (χ3n) is 7.21. The quantitative estimate of drug-likeness (QED) is 0.790. The molecule has 4 bridgehead atoms. The first-order valence-electron chi connectivity index (χ1n) is 8.77. The Hall–Kier alpha value is -0.570. The molecule has 1 N–H and O–H groups in total. The Balaban J connectivity index is 1.34. The van der Waals surface area contributed by atoms with Crippen LogP contribution in [0.4, 0.5) is 0 Å². The zero-order chi connectivity index (χ0) is 13.3. The molecule has 2 atom stereocenters. The fourth-order valence-electron chi connectivity index (χ4n) is 6.57. The second kappa shape index (κ2) is 4.22. The van der Waals surface area contributed by atoms with Crippen LogP contribution in [-0.2, 0) is 4.79 Å². The summed E-state index contributed by atoms with van der Waals surface area (Å²) in [5.41, 5.74) is 0. The number of likely N-dealkylation sites (tertiary alicyclic amines) is 1. The molecule has 2 aliphatic heterocycles. The molecule has 4 saturated carbocycles. The van der Waals surface area contributed by atoms with Gasteiger partial charge in [0.25, 0.3) is 0 Å². The van der Waals surface area contributed by atoms with Gasteiger partial charge in [0.1, 0.15) is 0 Å². The van der Waals surface area contributed by atoms with Gasteiger partial charge < -0.3 is 10.2 Å². The van der Waals surface area contributed by atoms with Crippen LogP contribution in [0.25, 0.3) is 0 Å². The number of rotatable bonds is 1. The van der Waals surface area contributed by atoms with E-state index in [0.29, 0.717) is 11.8 Å². The second-order valence-corrected chi connectivity index (χ2v) is 8.38. The first kappa shape index (κ1) is 12.0. The molecule has 6 rings (SSSR count). The van der Waals surface area contributed by atoms with Crippen molar-refractivity contribution >= 4 is 5.91 Å². The van der Waals surface area contributed by atoms with Crippen LogP contribution in [0, 0.1) is 41.4 Å². The van der Waals surface area contributed by atoms with Gasteiger partial charge in [-0.05, 0) is 67.6 Å². The van der Waals surface area contributed by atoms with Gasteiger partial charge in [-0.25, -0.2) is 0 Å². The molecule has 3 nitrogen and oxygen atoms in total. The summed E-state index contributed by atoms with van der Waals surface area (Å²) >= 11 is 0. The van der Waals surface area contributed by atoms with Crippen molar-refractivity contribution in [3.8, 4) is 0 Å². The maximum absolute atomic E-state index is 13.1. The fourth-order valence-corrected chi connectivity index (χ4v) is 6.57. The third-order valence-corrected chi connectivity index (χ3v) is 7.21. The molecule has 0 aromatic heterocycles. The largest absolute Gasteiger partial charge is 0.342 e. The summed E-state index contributed by atoms with van der Waals surface area (Å²) in [6.07, 6.45) is 6.95. The van der Waals surface area contributed by atoms with Crippen molar-refractivity contribution in [1.29, 1.82) is 0 Å². The smallest absolute Gasteiger partial charge is 0.226 e. The zero-order valence-electron chi connectivity index (χ0n) is 12.3. The summed E-state index contributed by atoms with van der Waals surface area (Å²) in [7, 11) is 0. The van der Waals surface area contributed by atoms with Gasteiger partial charge in [-0.3, -0.25) is 4.79 Å². The van der Waals surface area contributed by atoms with Crippen molar-refractivity contribution in [2.45, 2.75) is 32.1 Å². The average molecular weight is 274 g/mol. The Morgan fingerprint density at radius 2 is 1.35 bits per heavy atom.